The van der Waals surface area contributed by atoms with Gasteiger partial charge in [-0.1, -0.05) is 0 Å². The first-order valence-electron chi connectivity index (χ1n) is 5.65. The second kappa shape index (κ2) is 5.73. The van der Waals surface area contributed by atoms with E-state index in [0.29, 0.717) is 0 Å². The summed E-state index contributed by atoms with van der Waals surface area (Å²) in [5.41, 5.74) is 0. The quantitative estimate of drug-likeness (QED) is 0.651. The maximum absolute atomic E-state index is 11.8. The molecular formula is C9H18N2O6S2. The van der Waals surface area contributed by atoms with E-state index in [1.54, 1.807) is 4.90 Å². The van der Waals surface area contributed by atoms with Gasteiger partial charge in [0.05, 0.1) is 0 Å². The van der Waals surface area contributed by atoms with Crippen LogP contribution in [0.25, 0.3) is 0 Å². The fourth-order valence-electron chi connectivity index (χ4n) is 1.87. The Kier molecular flexibility index (Phi) is 4.93. The molecule has 10 heteroatoms. The summed E-state index contributed by atoms with van der Waals surface area (Å²) in [6.07, 6.45) is 0.868. The van der Waals surface area contributed by atoms with Crippen molar-refractivity contribution < 1.29 is 26.7 Å². The lowest BCUT2D eigenvalue weighted by Gasteiger charge is -2.35. The summed E-state index contributed by atoms with van der Waals surface area (Å²) in [4.78, 5) is 12.5. The Morgan fingerprint density at radius 2 is 1.63 bits per heavy atom. The Labute approximate surface area is 113 Å². The highest BCUT2D eigenvalue weighted by Crippen LogP contribution is 2.12. The first kappa shape index (κ1) is 16.3. The monoisotopic (exact) mass is 314 g/mol. The number of sulfone groups is 1. The van der Waals surface area contributed by atoms with Crippen LogP contribution in [0.4, 0.5) is 0 Å². The molecule has 8 nitrogen and oxygen atoms in total. The average Bonchev–Trinajstić information content (AvgIpc) is 2.25. The number of carboxylic acids is 1. The molecule has 1 unspecified atom stereocenters. The van der Waals surface area contributed by atoms with Gasteiger partial charge in [-0.05, 0) is 6.92 Å². The minimum Gasteiger partial charge on any atom is -0.480 e. The molecule has 0 bridgehead atoms. The van der Waals surface area contributed by atoms with E-state index < -0.39 is 37.0 Å². The highest BCUT2D eigenvalue weighted by Gasteiger charge is 2.32. The van der Waals surface area contributed by atoms with Crippen LogP contribution in [0.5, 0.6) is 0 Å². The van der Waals surface area contributed by atoms with Gasteiger partial charge in [0, 0.05) is 32.4 Å². The minimum atomic E-state index is -3.84. The molecule has 0 amide bonds. The number of carboxylic acid groups (broad SMARTS) is 1. The van der Waals surface area contributed by atoms with Gasteiger partial charge in [-0.15, -0.1) is 0 Å². The Hall–Kier alpha value is -0.710. The normalized spacial score (nSPS) is 21.2. The average molecular weight is 314 g/mol. The van der Waals surface area contributed by atoms with Crippen LogP contribution in [-0.4, -0.2) is 80.7 Å². The third kappa shape index (κ3) is 4.71. The van der Waals surface area contributed by atoms with Gasteiger partial charge in [0.25, 0.3) is 0 Å². The van der Waals surface area contributed by atoms with E-state index in [9.17, 15) is 21.6 Å². The highest BCUT2D eigenvalue weighted by molar-refractivity contribution is 8.06. The lowest BCUT2D eigenvalue weighted by Crippen LogP contribution is -2.53. The lowest BCUT2D eigenvalue weighted by molar-refractivity contribution is -0.143. The zero-order valence-corrected chi connectivity index (χ0v) is 12.4. The topological polar surface area (TPSA) is 112 Å². The number of carbonyl (C=O) groups is 1. The van der Waals surface area contributed by atoms with E-state index in [2.05, 4.69) is 0 Å². The van der Waals surface area contributed by atoms with Gasteiger partial charge in [-0.2, -0.15) is 4.31 Å². The summed E-state index contributed by atoms with van der Waals surface area (Å²) in [5.74, 6) is -0.965. The molecule has 0 aromatic heterocycles. The van der Waals surface area contributed by atoms with Gasteiger partial charge in [-0.25, -0.2) is 16.8 Å². The van der Waals surface area contributed by atoms with Gasteiger partial charge >= 0.3 is 5.97 Å². The molecule has 0 spiro atoms. The van der Waals surface area contributed by atoms with Crippen molar-refractivity contribution in [3.8, 4) is 0 Å². The van der Waals surface area contributed by atoms with Crippen molar-refractivity contribution in [1.82, 2.24) is 9.21 Å². The molecule has 19 heavy (non-hydrogen) atoms. The number of sulfonamides is 1. The maximum atomic E-state index is 11.8. The molecule has 0 radical (unpaired) electrons. The van der Waals surface area contributed by atoms with Crippen LogP contribution < -0.4 is 0 Å². The maximum Gasteiger partial charge on any atom is 0.320 e. The van der Waals surface area contributed by atoms with Gasteiger partial charge < -0.3 is 5.11 Å². The van der Waals surface area contributed by atoms with Crippen molar-refractivity contribution in [3.63, 3.8) is 0 Å². The molecule has 0 saturated carbocycles. The highest BCUT2D eigenvalue weighted by atomic mass is 32.3. The largest absolute Gasteiger partial charge is 0.480 e. The van der Waals surface area contributed by atoms with Crippen LogP contribution in [0.3, 0.4) is 0 Å². The van der Waals surface area contributed by atoms with Gasteiger partial charge in [0.2, 0.25) is 10.0 Å². The number of nitrogens with zero attached hydrogens (tertiary/aromatic N) is 2. The Morgan fingerprint density at radius 1 is 1.16 bits per heavy atom. The summed E-state index contributed by atoms with van der Waals surface area (Å²) >= 11 is 0. The zero-order chi connectivity index (χ0) is 14.8. The van der Waals surface area contributed by atoms with E-state index in [1.165, 1.54) is 6.92 Å². The molecule has 1 N–H and O–H groups in total. The molecule has 1 aliphatic heterocycles. The van der Waals surface area contributed by atoms with E-state index in [4.69, 9.17) is 5.11 Å². The predicted octanol–water partition coefficient (Wildman–Crippen LogP) is -1.59. The van der Waals surface area contributed by atoms with Crippen molar-refractivity contribution in [2.45, 2.75) is 13.0 Å². The molecular weight excluding hydrogens is 296 g/mol. The predicted molar refractivity (Wildman–Crippen MR) is 68.9 cm³/mol. The van der Waals surface area contributed by atoms with Crippen molar-refractivity contribution in [2.75, 3.05) is 37.5 Å². The molecule has 0 aliphatic carbocycles. The minimum absolute atomic E-state index is 0.107. The third-order valence-corrected chi connectivity index (χ3v) is 6.99. The standard InChI is InChI=1S/C9H18N2O6S2/c1-8(9(12)13)10-3-5-11(6-4-10)19(16,17)7-18(2,14)15/h8H,3-7H2,1-2H3,(H,12,13). The van der Waals surface area contributed by atoms with Crippen LogP contribution in [0, 0.1) is 0 Å². The first-order valence-corrected chi connectivity index (χ1v) is 9.32. The molecule has 1 atom stereocenters. The summed E-state index contributed by atoms with van der Waals surface area (Å²) in [5, 5.41) is 7.95. The van der Waals surface area contributed by atoms with E-state index in [-0.39, 0.29) is 26.2 Å². The molecule has 0 aromatic carbocycles. The molecule has 1 rings (SSSR count). The third-order valence-electron chi connectivity index (χ3n) is 2.93. The molecule has 0 aromatic rings. The summed E-state index contributed by atoms with van der Waals surface area (Å²) in [6.45, 7) is 2.29. The van der Waals surface area contributed by atoms with Crippen molar-refractivity contribution in [1.29, 1.82) is 0 Å². The number of rotatable bonds is 5. The lowest BCUT2D eigenvalue weighted by atomic mass is 10.2. The van der Waals surface area contributed by atoms with E-state index in [1.807, 2.05) is 0 Å². The SMILES string of the molecule is CC(C(=O)O)N1CCN(S(=O)(=O)CS(C)(=O)=O)CC1. The Bertz CT molecular complexity index is 533. The van der Waals surface area contributed by atoms with Gasteiger partial charge in [-0.3, -0.25) is 9.69 Å². The van der Waals surface area contributed by atoms with E-state index >= 15 is 0 Å². The number of hydrogen-bond acceptors (Lipinski definition) is 6. The Morgan fingerprint density at radius 3 is 2.00 bits per heavy atom. The van der Waals surface area contributed by atoms with Gasteiger partial charge in [0.15, 0.2) is 14.9 Å². The summed E-state index contributed by atoms with van der Waals surface area (Å²) < 4.78 is 46.9. The molecule has 1 fully saturated rings. The fourth-order valence-corrected chi connectivity index (χ4v) is 5.35. The first-order chi connectivity index (χ1) is 8.53. The zero-order valence-electron chi connectivity index (χ0n) is 10.8. The van der Waals surface area contributed by atoms with Crippen LogP contribution >= 0.6 is 0 Å². The van der Waals surface area contributed by atoms with Crippen LogP contribution in [0.15, 0.2) is 0 Å². The Balaban J connectivity index is 2.66. The smallest absolute Gasteiger partial charge is 0.320 e. The number of hydrogen-bond donors (Lipinski definition) is 1. The van der Waals surface area contributed by atoms with Gasteiger partial charge in [0.1, 0.15) is 6.04 Å². The van der Waals surface area contributed by atoms with Crippen molar-refractivity contribution in [2.24, 2.45) is 0 Å². The molecule has 112 valence electrons. The number of piperazine rings is 1. The fraction of sp³-hybridized carbons (Fsp3) is 0.889. The van der Waals surface area contributed by atoms with E-state index in [0.717, 1.165) is 10.6 Å². The summed E-state index contributed by atoms with van der Waals surface area (Å²) in [7, 11) is -7.45. The van der Waals surface area contributed by atoms with Crippen LogP contribution in [0.1, 0.15) is 6.92 Å². The second-order valence-corrected chi connectivity index (χ2v) is 9.08. The van der Waals surface area contributed by atoms with Crippen molar-refractivity contribution >= 4 is 25.8 Å². The number of aliphatic carboxylic acids is 1. The van der Waals surface area contributed by atoms with Crippen LogP contribution in [0.2, 0.25) is 0 Å². The molecule has 1 aliphatic rings. The summed E-state index contributed by atoms with van der Waals surface area (Å²) in [6, 6.07) is -0.681. The second-order valence-electron chi connectivity index (χ2n) is 4.60. The molecule has 1 heterocycles. The van der Waals surface area contributed by atoms with Crippen molar-refractivity contribution in [3.05, 3.63) is 0 Å². The van der Waals surface area contributed by atoms with Crippen LogP contribution in [-0.2, 0) is 24.7 Å². The molecule has 1 saturated heterocycles.